The number of carbonyl (C=O) groups excluding carboxylic acids is 2. The smallest absolute Gasteiger partial charge is 0.342 e. The van der Waals surface area contributed by atoms with E-state index in [2.05, 4.69) is 0 Å². The van der Waals surface area contributed by atoms with Crippen LogP contribution in [0.1, 0.15) is 35.7 Å². The van der Waals surface area contributed by atoms with Gasteiger partial charge >= 0.3 is 5.97 Å². The van der Waals surface area contributed by atoms with E-state index in [4.69, 9.17) is 16.3 Å². The van der Waals surface area contributed by atoms with Crippen molar-refractivity contribution in [1.82, 2.24) is 0 Å². The normalized spacial score (nSPS) is 24.8. The minimum absolute atomic E-state index is 0.000772. The molecule has 0 unspecified atom stereocenters. The van der Waals surface area contributed by atoms with E-state index in [-0.39, 0.29) is 29.0 Å². The maximum absolute atomic E-state index is 12.4. The molecule has 0 fully saturated rings. The molecule has 25 heavy (non-hydrogen) atoms. The van der Waals surface area contributed by atoms with E-state index in [9.17, 15) is 24.9 Å². The number of hydrogen-bond acceptors (Lipinski definition) is 6. The van der Waals surface area contributed by atoms with Gasteiger partial charge in [-0.15, -0.1) is 0 Å². The van der Waals surface area contributed by atoms with E-state index >= 15 is 0 Å². The summed E-state index contributed by atoms with van der Waals surface area (Å²) in [7, 11) is 0. The Hall–Kier alpha value is -2.31. The quantitative estimate of drug-likeness (QED) is 0.481. The first kappa shape index (κ1) is 19.0. The number of aliphatic hydroxyl groups excluding tert-OH is 1. The topological polar surface area (TPSA) is 104 Å². The van der Waals surface area contributed by atoms with Crippen LogP contribution in [0.2, 0.25) is 5.02 Å². The Labute approximate surface area is 150 Å². The zero-order valence-corrected chi connectivity index (χ0v) is 14.4. The van der Waals surface area contributed by atoms with Crippen LogP contribution in [0.5, 0.6) is 11.5 Å². The maximum atomic E-state index is 12.4. The summed E-state index contributed by atoms with van der Waals surface area (Å²) in [6.07, 6.45) is 5.06. The third-order valence-electron chi connectivity index (χ3n) is 3.69. The first-order chi connectivity index (χ1) is 11.8. The van der Waals surface area contributed by atoms with Gasteiger partial charge in [-0.25, -0.2) is 4.79 Å². The molecule has 3 N–H and O–H groups in total. The molecule has 0 saturated carbocycles. The summed E-state index contributed by atoms with van der Waals surface area (Å²) in [6, 6.07) is 0.937. The fourth-order valence-electron chi connectivity index (χ4n) is 2.45. The predicted molar refractivity (Wildman–Crippen MR) is 91.9 cm³/mol. The number of esters is 1. The SMILES string of the molecule is C[C@@H]1C/C=C\[C@@H](O)C/C=C\C(=O)Cc2c(Cl)c(O)cc(O)c2C(=O)O1. The third kappa shape index (κ3) is 4.84. The average Bonchev–Trinajstić information content (AvgIpc) is 2.51. The van der Waals surface area contributed by atoms with Gasteiger partial charge in [0.05, 0.1) is 11.1 Å². The largest absolute Gasteiger partial charge is 0.507 e. The van der Waals surface area contributed by atoms with Crippen LogP contribution in [0.3, 0.4) is 0 Å². The molecule has 0 aromatic heterocycles. The number of ketones is 1. The highest BCUT2D eigenvalue weighted by molar-refractivity contribution is 6.33. The molecule has 134 valence electrons. The summed E-state index contributed by atoms with van der Waals surface area (Å²) in [5.74, 6) is -2.19. The van der Waals surface area contributed by atoms with Crippen molar-refractivity contribution >= 4 is 23.4 Å². The maximum Gasteiger partial charge on any atom is 0.342 e. The summed E-state index contributed by atoms with van der Waals surface area (Å²) >= 11 is 6.03. The molecule has 1 aromatic carbocycles. The molecule has 0 amide bonds. The van der Waals surface area contributed by atoms with Crippen LogP contribution in [0.4, 0.5) is 0 Å². The van der Waals surface area contributed by atoms with Crippen LogP contribution in [0, 0.1) is 0 Å². The number of ether oxygens (including phenoxy) is 1. The van der Waals surface area contributed by atoms with E-state index in [1.807, 2.05) is 0 Å². The fraction of sp³-hybridized carbons (Fsp3) is 0.333. The number of aromatic hydroxyl groups is 2. The Bertz CT molecular complexity index is 738. The zero-order valence-electron chi connectivity index (χ0n) is 13.6. The monoisotopic (exact) mass is 366 g/mol. The Morgan fingerprint density at radius 1 is 1.16 bits per heavy atom. The van der Waals surface area contributed by atoms with Crippen LogP contribution in [0.15, 0.2) is 30.4 Å². The standard InChI is InChI=1S/C18H19ClO6/c1-10-4-2-5-11(20)6-3-7-12(21)8-13-16(18(24)25-10)14(22)9-15(23)17(13)19/h2-3,5,7,9-11,20,22-23H,4,6,8H2,1H3/b5-2-,7-3-/t10-,11-/m1/s1. The predicted octanol–water partition coefficient (Wildman–Crippen LogP) is 2.68. The molecule has 1 aliphatic rings. The molecule has 1 aliphatic heterocycles. The second kappa shape index (κ2) is 8.18. The van der Waals surface area contributed by atoms with E-state index in [0.29, 0.717) is 6.42 Å². The van der Waals surface area contributed by atoms with Gasteiger partial charge in [-0.05, 0) is 19.4 Å². The van der Waals surface area contributed by atoms with Gasteiger partial charge in [0.1, 0.15) is 23.2 Å². The number of hydrogen-bond donors (Lipinski definition) is 3. The summed E-state index contributed by atoms with van der Waals surface area (Å²) in [5.41, 5.74) is -0.239. The number of aliphatic hydroxyl groups is 1. The van der Waals surface area contributed by atoms with Crippen molar-refractivity contribution in [2.45, 2.75) is 38.4 Å². The molecule has 2 rings (SSSR count). The summed E-state index contributed by atoms with van der Waals surface area (Å²) in [4.78, 5) is 24.5. The Morgan fingerprint density at radius 3 is 2.60 bits per heavy atom. The summed E-state index contributed by atoms with van der Waals surface area (Å²) in [5, 5.41) is 29.4. The summed E-state index contributed by atoms with van der Waals surface area (Å²) in [6.45, 7) is 1.66. The molecule has 6 nitrogen and oxygen atoms in total. The Balaban J connectivity index is 2.49. The van der Waals surface area contributed by atoms with Gasteiger partial charge in [-0.3, -0.25) is 4.79 Å². The van der Waals surface area contributed by atoms with Crippen molar-refractivity contribution < 1.29 is 29.6 Å². The molecule has 0 aliphatic carbocycles. The molecule has 1 heterocycles. The minimum Gasteiger partial charge on any atom is -0.507 e. The van der Waals surface area contributed by atoms with Crippen LogP contribution < -0.4 is 0 Å². The highest BCUT2D eigenvalue weighted by Crippen LogP contribution is 2.37. The minimum atomic E-state index is -0.843. The van der Waals surface area contributed by atoms with E-state index in [1.54, 1.807) is 19.1 Å². The highest BCUT2D eigenvalue weighted by Gasteiger charge is 2.25. The molecule has 0 spiro atoms. The van der Waals surface area contributed by atoms with Gasteiger partial charge in [0.15, 0.2) is 5.78 Å². The van der Waals surface area contributed by atoms with Crippen molar-refractivity contribution in [3.05, 3.63) is 46.5 Å². The Morgan fingerprint density at radius 2 is 1.88 bits per heavy atom. The summed E-state index contributed by atoms with van der Waals surface area (Å²) < 4.78 is 5.27. The van der Waals surface area contributed by atoms with Gasteiger partial charge < -0.3 is 20.1 Å². The lowest BCUT2D eigenvalue weighted by Gasteiger charge is -2.16. The number of rotatable bonds is 0. The van der Waals surface area contributed by atoms with Gasteiger partial charge in [-0.2, -0.15) is 0 Å². The van der Waals surface area contributed by atoms with Crippen LogP contribution in [-0.2, 0) is 16.0 Å². The first-order valence-corrected chi connectivity index (χ1v) is 8.15. The number of phenolic OH excluding ortho intramolecular Hbond substituents is 2. The van der Waals surface area contributed by atoms with E-state index in [0.717, 1.165) is 6.07 Å². The number of cyclic esters (lactones) is 1. The molecule has 0 saturated heterocycles. The van der Waals surface area contributed by atoms with Gasteiger partial charge in [0.25, 0.3) is 0 Å². The van der Waals surface area contributed by atoms with Crippen molar-refractivity contribution in [3.8, 4) is 11.5 Å². The molecule has 7 heteroatoms. The van der Waals surface area contributed by atoms with Crippen LogP contribution in [-0.4, -0.2) is 39.3 Å². The Kier molecular flexibility index (Phi) is 6.22. The molecular formula is C18H19ClO6. The van der Waals surface area contributed by atoms with Crippen molar-refractivity contribution in [3.63, 3.8) is 0 Å². The lowest BCUT2D eigenvalue weighted by Crippen LogP contribution is -2.18. The number of fused-ring (bicyclic) bond motifs is 1. The van der Waals surface area contributed by atoms with E-state index in [1.165, 1.54) is 12.2 Å². The van der Waals surface area contributed by atoms with Crippen molar-refractivity contribution in [2.24, 2.45) is 0 Å². The molecule has 1 aromatic rings. The number of allylic oxidation sites excluding steroid dienone is 1. The van der Waals surface area contributed by atoms with Crippen LogP contribution in [0.25, 0.3) is 0 Å². The number of benzene rings is 1. The molecule has 2 atom stereocenters. The lowest BCUT2D eigenvalue weighted by atomic mass is 9.99. The molecule has 0 radical (unpaired) electrons. The second-order valence-electron chi connectivity index (χ2n) is 5.81. The molecule has 0 bridgehead atoms. The first-order valence-electron chi connectivity index (χ1n) is 7.78. The van der Waals surface area contributed by atoms with E-state index < -0.39 is 35.5 Å². The average molecular weight is 367 g/mol. The number of carbonyl (C=O) groups is 2. The number of phenols is 2. The third-order valence-corrected chi connectivity index (χ3v) is 4.11. The van der Waals surface area contributed by atoms with Gasteiger partial charge in [0, 0.05) is 24.5 Å². The fourth-order valence-corrected chi connectivity index (χ4v) is 2.66. The zero-order chi connectivity index (χ0) is 18.6. The molecular weight excluding hydrogens is 348 g/mol. The second-order valence-corrected chi connectivity index (χ2v) is 6.19. The lowest BCUT2D eigenvalue weighted by molar-refractivity contribution is -0.114. The van der Waals surface area contributed by atoms with Gasteiger partial charge in [0.2, 0.25) is 0 Å². The van der Waals surface area contributed by atoms with Crippen LogP contribution >= 0.6 is 11.6 Å². The van der Waals surface area contributed by atoms with Gasteiger partial charge in [-0.1, -0.05) is 29.8 Å². The van der Waals surface area contributed by atoms with Crippen molar-refractivity contribution in [2.75, 3.05) is 0 Å². The van der Waals surface area contributed by atoms with Crippen molar-refractivity contribution in [1.29, 1.82) is 0 Å². The highest BCUT2D eigenvalue weighted by atomic mass is 35.5. The number of halogens is 1.